The average Bonchev–Trinajstić information content (AvgIpc) is 2.73. The fraction of sp³-hybridized carbons (Fsp3) is 0.250. The van der Waals surface area contributed by atoms with Crippen LogP contribution < -0.4 is 0 Å². The summed E-state index contributed by atoms with van der Waals surface area (Å²) in [5.74, 6) is 3.79. The van der Waals surface area contributed by atoms with Crippen molar-refractivity contribution in [2.75, 3.05) is 13.2 Å². The lowest BCUT2D eigenvalue weighted by molar-refractivity contribution is -0.205. The van der Waals surface area contributed by atoms with E-state index in [0.29, 0.717) is 30.3 Å². The molecule has 3 aromatic carbocycles. The standard InChI is InChI=1S/C24H19F3O2/c1-2-15-13-28-24(29-14-15)19-11-22(26)21(23(27)12-19)8-4-16-3-5-18-10-20(25)7-6-17(18)9-16/h3,5-7,9-12,15,24H,2,13-14H2,1H3. The molecule has 0 atom stereocenters. The van der Waals surface area contributed by atoms with Crippen LogP contribution in [0.2, 0.25) is 0 Å². The van der Waals surface area contributed by atoms with E-state index in [4.69, 9.17) is 9.47 Å². The Labute approximate surface area is 167 Å². The Kier molecular flexibility index (Phi) is 5.57. The molecule has 1 aliphatic heterocycles. The zero-order valence-electron chi connectivity index (χ0n) is 15.8. The maximum absolute atomic E-state index is 14.5. The number of ether oxygens (including phenoxy) is 2. The van der Waals surface area contributed by atoms with Crippen LogP contribution in [0.15, 0.2) is 48.5 Å². The number of rotatable bonds is 2. The van der Waals surface area contributed by atoms with Gasteiger partial charge in [0.05, 0.1) is 18.8 Å². The maximum atomic E-state index is 14.5. The SMILES string of the molecule is CCC1COC(c2cc(F)c(C#Cc3ccc4cc(F)ccc4c3)c(F)c2)OC1. The molecule has 1 saturated heterocycles. The summed E-state index contributed by atoms with van der Waals surface area (Å²) in [6, 6.07) is 12.0. The summed E-state index contributed by atoms with van der Waals surface area (Å²) in [5.41, 5.74) is 0.569. The van der Waals surface area contributed by atoms with Crippen LogP contribution in [0.5, 0.6) is 0 Å². The Hall–Kier alpha value is -2.81. The molecular formula is C24H19F3O2. The summed E-state index contributed by atoms with van der Waals surface area (Å²) < 4.78 is 53.5. The van der Waals surface area contributed by atoms with Gasteiger partial charge >= 0.3 is 0 Å². The predicted octanol–water partition coefficient (Wildman–Crippen LogP) is 5.73. The molecule has 0 spiro atoms. The van der Waals surface area contributed by atoms with E-state index in [1.165, 1.54) is 24.3 Å². The highest BCUT2D eigenvalue weighted by molar-refractivity contribution is 5.84. The molecule has 29 heavy (non-hydrogen) atoms. The fourth-order valence-corrected chi connectivity index (χ4v) is 3.25. The average molecular weight is 396 g/mol. The van der Waals surface area contributed by atoms with Gasteiger partial charge < -0.3 is 9.47 Å². The first kappa shape index (κ1) is 19.5. The topological polar surface area (TPSA) is 18.5 Å². The first-order valence-corrected chi connectivity index (χ1v) is 9.47. The lowest BCUT2D eigenvalue weighted by Gasteiger charge is -2.29. The largest absolute Gasteiger partial charge is 0.348 e. The molecule has 4 rings (SSSR count). The van der Waals surface area contributed by atoms with Gasteiger partial charge in [0.25, 0.3) is 0 Å². The van der Waals surface area contributed by atoms with E-state index in [-0.39, 0.29) is 11.4 Å². The van der Waals surface area contributed by atoms with Crippen LogP contribution in [-0.4, -0.2) is 13.2 Å². The van der Waals surface area contributed by atoms with E-state index in [1.807, 2.05) is 6.92 Å². The minimum Gasteiger partial charge on any atom is -0.348 e. The van der Waals surface area contributed by atoms with Crippen molar-refractivity contribution in [3.8, 4) is 11.8 Å². The van der Waals surface area contributed by atoms with Crippen molar-refractivity contribution in [2.45, 2.75) is 19.6 Å². The first-order chi connectivity index (χ1) is 14.0. The summed E-state index contributed by atoms with van der Waals surface area (Å²) in [6.45, 7) is 3.04. The van der Waals surface area contributed by atoms with Gasteiger partial charge in [0.15, 0.2) is 6.29 Å². The molecule has 0 radical (unpaired) electrons. The zero-order valence-corrected chi connectivity index (χ0v) is 15.8. The third kappa shape index (κ3) is 4.29. The van der Waals surface area contributed by atoms with E-state index in [0.717, 1.165) is 17.2 Å². The molecule has 0 N–H and O–H groups in total. The third-order valence-electron chi connectivity index (χ3n) is 5.01. The lowest BCUT2D eigenvalue weighted by Crippen LogP contribution is -2.26. The van der Waals surface area contributed by atoms with Crippen molar-refractivity contribution in [1.29, 1.82) is 0 Å². The maximum Gasteiger partial charge on any atom is 0.184 e. The van der Waals surface area contributed by atoms with Crippen LogP contribution in [-0.2, 0) is 9.47 Å². The Morgan fingerprint density at radius 1 is 0.862 bits per heavy atom. The molecule has 1 heterocycles. The first-order valence-electron chi connectivity index (χ1n) is 9.47. The lowest BCUT2D eigenvalue weighted by atomic mass is 10.1. The molecule has 0 aliphatic carbocycles. The van der Waals surface area contributed by atoms with E-state index >= 15 is 0 Å². The smallest absolute Gasteiger partial charge is 0.184 e. The molecule has 2 nitrogen and oxygen atoms in total. The fourth-order valence-electron chi connectivity index (χ4n) is 3.25. The molecule has 0 aromatic heterocycles. The summed E-state index contributed by atoms with van der Waals surface area (Å²) in [7, 11) is 0. The zero-order chi connectivity index (χ0) is 20.4. The number of benzene rings is 3. The van der Waals surface area contributed by atoms with Gasteiger partial charge in [-0.1, -0.05) is 30.9 Å². The molecule has 3 aromatic rings. The normalized spacial score (nSPS) is 19.0. The van der Waals surface area contributed by atoms with E-state index in [9.17, 15) is 13.2 Å². The van der Waals surface area contributed by atoms with Crippen molar-refractivity contribution in [2.24, 2.45) is 5.92 Å². The molecule has 0 saturated carbocycles. The number of halogens is 3. The minimum absolute atomic E-state index is 0.296. The number of fused-ring (bicyclic) bond motifs is 1. The van der Waals surface area contributed by atoms with Crippen molar-refractivity contribution in [1.82, 2.24) is 0 Å². The van der Waals surface area contributed by atoms with Gasteiger partial charge in [-0.05, 0) is 53.6 Å². The van der Waals surface area contributed by atoms with Gasteiger partial charge in [-0.25, -0.2) is 13.2 Å². The van der Waals surface area contributed by atoms with Gasteiger partial charge in [-0.2, -0.15) is 0 Å². The molecular weight excluding hydrogens is 377 g/mol. The van der Waals surface area contributed by atoms with E-state index < -0.39 is 17.9 Å². The van der Waals surface area contributed by atoms with E-state index in [2.05, 4.69) is 11.8 Å². The predicted molar refractivity (Wildman–Crippen MR) is 105 cm³/mol. The molecule has 1 fully saturated rings. The molecule has 148 valence electrons. The van der Waals surface area contributed by atoms with Crippen molar-refractivity contribution >= 4 is 10.8 Å². The minimum atomic E-state index is -0.773. The molecule has 0 bridgehead atoms. The van der Waals surface area contributed by atoms with Crippen LogP contribution in [0.4, 0.5) is 13.2 Å². The Balaban J connectivity index is 1.58. The Morgan fingerprint density at radius 2 is 1.52 bits per heavy atom. The summed E-state index contributed by atoms with van der Waals surface area (Å²) >= 11 is 0. The van der Waals surface area contributed by atoms with Crippen LogP contribution in [0.3, 0.4) is 0 Å². The second kappa shape index (κ2) is 8.28. The molecule has 0 unspecified atom stereocenters. The van der Waals surface area contributed by atoms with Crippen LogP contribution in [0.1, 0.15) is 36.3 Å². The highest BCUT2D eigenvalue weighted by Crippen LogP contribution is 2.28. The summed E-state index contributed by atoms with van der Waals surface area (Å²) in [5, 5.41) is 1.53. The van der Waals surface area contributed by atoms with Gasteiger partial charge in [0, 0.05) is 17.0 Å². The van der Waals surface area contributed by atoms with Crippen LogP contribution >= 0.6 is 0 Å². The van der Waals surface area contributed by atoms with Crippen LogP contribution in [0.25, 0.3) is 10.8 Å². The third-order valence-corrected chi connectivity index (χ3v) is 5.01. The van der Waals surface area contributed by atoms with Crippen molar-refractivity contribution in [3.05, 3.63) is 82.7 Å². The highest BCUT2D eigenvalue weighted by atomic mass is 19.1. The summed E-state index contributed by atoms with van der Waals surface area (Å²) in [4.78, 5) is 0. The molecule has 5 heteroatoms. The van der Waals surface area contributed by atoms with Gasteiger partial charge in [0.1, 0.15) is 17.5 Å². The van der Waals surface area contributed by atoms with E-state index in [1.54, 1.807) is 24.3 Å². The Bertz CT molecular complexity index is 1080. The van der Waals surface area contributed by atoms with Gasteiger partial charge in [-0.15, -0.1) is 0 Å². The van der Waals surface area contributed by atoms with Gasteiger partial charge in [0.2, 0.25) is 0 Å². The highest BCUT2D eigenvalue weighted by Gasteiger charge is 2.24. The van der Waals surface area contributed by atoms with Crippen LogP contribution in [0, 0.1) is 35.2 Å². The summed E-state index contributed by atoms with van der Waals surface area (Å²) in [6.07, 6.45) is 0.151. The number of hydrogen-bond acceptors (Lipinski definition) is 2. The monoisotopic (exact) mass is 396 g/mol. The quantitative estimate of drug-likeness (QED) is 0.515. The van der Waals surface area contributed by atoms with Gasteiger partial charge in [-0.3, -0.25) is 0 Å². The molecule has 1 aliphatic rings. The second-order valence-electron chi connectivity index (χ2n) is 7.09. The number of hydrogen-bond donors (Lipinski definition) is 0. The second-order valence-corrected chi connectivity index (χ2v) is 7.09. The Morgan fingerprint density at radius 3 is 2.21 bits per heavy atom. The molecule has 0 amide bonds. The van der Waals surface area contributed by atoms with Crippen molar-refractivity contribution in [3.63, 3.8) is 0 Å². The van der Waals surface area contributed by atoms with Crippen molar-refractivity contribution < 1.29 is 22.6 Å².